The molecular formula is C15H20BrClO2. The topological polar surface area (TPSA) is 21.8 Å². The molecule has 19 heavy (non-hydrogen) atoms. The summed E-state index contributed by atoms with van der Waals surface area (Å²) in [6.07, 6.45) is 13.4. The molecule has 2 heterocycles. The fourth-order valence-electron chi connectivity index (χ4n) is 2.53. The molecule has 2 aliphatic rings. The average Bonchev–Trinajstić information content (AvgIpc) is 3.14. The van der Waals surface area contributed by atoms with Gasteiger partial charge in [-0.25, -0.2) is 0 Å². The highest BCUT2D eigenvalue weighted by atomic mass is 79.9. The minimum Gasteiger partial charge on any atom is -0.372 e. The molecule has 0 spiro atoms. The second kappa shape index (κ2) is 7.13. The van der Waals surface area contributed by atoms with Crippen LogP contribution in [-0.2, 0) is 9.47 Å². The van der Waals surface area contributed by atoms with Crippen LogP contribution < -0.4 is 0 Å². The van der Waals surface area contributed by atoms with Gasteiger partial charge in [-0.3, -0.25) is 0 Å². The fraction of sp³-hybridized carbons (Fsp3) is 0.733. The molecule has 0 N–H and O–H groups in total. The molecule has 2 aliphatic heterocycles. The van der Waals surface area contributed by atoms with Crippen molar-refractivity contribution in [2.24, 2.45) is 0 Å². The first-order valence-corrected chi connectivity index (χ1v) is 8.21. The molecule has 4 heteroatoms. The maximum atomic E-state index is 6.45. The predicted molar refractivity (Wildman–Crippen MR) is 81.8 cm³/mol. The highest BCUT2D eigenvalue weighted by Gasteiger charge is 2.47. The smallest absolute Gasteiger partial charge is 0.0868 e. The van der Waals surface area contributed by atoms with Crippen LogP contribution in [-0.4, -0.2) is 34.6 Å². The van der Waals surface area contributed by atoms with Gasteiger partial charge in [-0.2, -0.15) is 0 Å². The SMILES string of the molecule is C#CC=CCC(Cl)C1CC2OC2CC(C(Br)CC)O1. The Bertz CT molecular complexity index is 366. The Morgan fingerprint density at radius 3 is 2.68 bits per heavy atom. The van der Waals surface area contributed by atoms with Crippen LogP contribution in [0.15, 0.2) is 12.2 Å². The number of hydrogen-bond donors (Lipinski definition) is 0. The van der Waals surface area contributed by atoms with Crippen molar-refractivity contribution in [3.8, 4) is 12.3 Å². The number of rotatable bonds is 5. The molecule has 6 unspecified atom stereocenters. The summed E-state index contributed by atoms with van der Waals surface area (Å²) < 4.78 is 11.9. The first-order valence-electron chi connectivity index (χ1n) is 6.85. The molecule has 2 fully saturated rings. The van der Waals surface area contributed by atoms with E-state index in [0.29, 0.717) is 17.0 Å². The lowest BCUT2D eigenvalue weighted by Crippen LogP contribution is -2.33. The monoisotopic (exact) mass is 346 g/mol. The summed E-state index contributed by atoms with van der Waals surface area (Å²) in [6.45, 7) is 2.15. The summed E-state index contributed by atoms with van der Waals surface area (Å²) in [7, 11) is 0. The highest BCUT2D eigenvalue weighted by molar-refractivity contribution is 9.09. The largest absolute Gasteiger partial charge is 0.372 e. The Morgan fingerprint density at radius 1 is 1.37 bits per heavy atom. The van der Waals surface area contributed by atoms with E-state index in [0.717, 1.165) is 25.7 Å². The Labute approximate surface area is 129 Å². The van der Waals surface area contributed by atoms with Gasteiger partial charge in [0.15, 0.2) is 0 Å². The standard InChI is InChI=1S/C15H20BrClO2/c1-3-5-6-7-11(17)13-9-15-14(19-15)8-12(18-13)10(16)4-2/h1,5-6,10-15H,4,7-9H2,2H3. The van der Waals surface area contributed by atoms with E-state index in [1.54, 1.807) is 6.08 Å². The van der Waals surface area contributed by atoms with E-state index in [2.05, 4.69) is 28.8 Å². The quantitative estimate of drug-likeness (QED) is 0.430. The molecule has 0 saturated carbocycles. The number of fused-ring (bicyclic) bond motifs is 1. The van der Waals surface area contributed by atoms with Gasteiger partial charge in [0.05, 0.1) is 29.8 Å². The third kappa shape index (κ3) is 4.23. The number of alkyl halides is 2. The molecule has 0 aromatic carbocycles. The lowest BCUT2D eigenvalue weighted by atomic mass is 10.1. The zero-order chi connectivity index (χ0) is 13.8. The summed E-state index contributed by atoms with van der Waals surface area (Å²) >= 11 is 10.1. The fourth-order valence-corrected chi connectivity index (χ4v) is 3.14. The molecule has 0 aliphatic carbocycles. The summed E-state index contributed by atoms with van der Waals surface area (Å²) in [5.41, 5.74) is 0. The van der Waals surface area contributed by atoms with Gasteiger partial charge in [-0.05, 0) is 18.9 Å². The molecule has 2 rings (SSSR count). The van der Waals surface area contributed by atoms with E-state index in [-0.39, 0.29) is 17.6 Å². The third-order valence-corrected chi connectivity index (χ3v) is 5.43. The molecule has 6 atom stereocenters. The van der Waals surface area contributed by atoms with Gasteiger partial charge in [0.1, 0.15) is 0 Å². The van der Waals surface area contributed by atoms with Gasteiger partial charge in [-0.15, -0.1) is 18.0 Å². The number of terminal acetylenes is 1. The van der Waals surface area contributed by atoms with Crippen molar-refractivity contribution in [3.05, 3.63) is 12.2 Å². The van der Waals surface area contributed by atoms with E-state index in [1.807, 2.05) is 6.08 Å². The van der Waals surface area contributed by atoms with Gasteiger partial charge >= 0.3 is 0 Å². The number of hydrogen-bond acceptors (Lipinski definition) is 2. The maximum Gasteiger partial charge on any atom is 0.0868 e. The molecule has 2 nitrogen and oxygen atoms in total. The number of ether oxygens (including phenoxy) is 2. The van der Waals surface area contributed by atoms with Crippen molar-refractivity contribution < 1.29 is 9.47 Å². The van der Waals surface area contributed by atoms with Crippen molar-refractivity contribution in [3.63, 3.8) is 0 Å². The van der Waals surface area contributed by atoms with Crippen molar-refractivity contribution in [1.29, 1.82) is 0 Å². The lowest BCUT2D eigenvalue weighted by molar-refractivity contribution is -0.0255. The van der Waals surface area contributed by atoms with Crippen LogP contribution in [0.1, 0.15) is 32.6 Å². The second-order valence-electron chi connectivity index (χ2n) is 5.14. The highest BCUT2D eigenvalue weighted by Crippen LogP contribution is 2.39. The van der Waals surface area contributed by atoms with Gasteiger partial charge in [0.2, 0.25) is 0 Å². The summed E-state index contributed by atoms with van der Waals surface area (Å²) in [5, 5.41) is -0.0494. The third-order valence-electron chi connectivity index (χ3n) is 3.74. The summed E-state index contributed by atoms with van der Waals surface area (Å²) in [6, 6.07) is 0. The van der Waals surface area contributed by atoms with Crippen molar-refractivity contribution in [2.75, 3.05) is 0 Å². The zero-order valence-electron chi connectivity index (χ0n) is 11.1. The Hall–Kier alpha value is -0.0100. The van der Waals surface area contributed by atoms with E-state index in [1.165, 1.54) is 0 Å². The van der Waals surface area contributed by atoms with Gasteiger partial charge in [0.25, 0.3) is 0 Å². The predicted octanol–water partition coefficient (Wildman–Crippen LogP) is 3.66. The van der Waals surface area contributed by atoms with E-state index in [4.69, 9.17) is 27.5 Å². The van der Waals surface area contributed by atoms with Crippen LogP contribution in [0.25, 0.3) is 0 Å². The van der Waals surface area contributed by atoms with Crippen molar-refractivity contribution >= 4 is 27.5 Å². The number of epoxide rings is 1. The second-order valence-corrected chi connectivity index (χ2v) is 6.88. The van der Waals surface area contributed by atoms with Crippen LogP contribution in [0.3, 0.4) is 0 Å². The Balaban J connectivity index is 1.95. The van der Waals surface area contributed by atoms with Crippen LogP contribution in [0.4, 0.5) is 0 Å². The first-order chi connectivity index (χ1) is 9.15. The molecule has 0 bridgehead atoms. The molecule has 0 aromatic heterocycles. The van der Waals surface area contributed by atoms with Gasteiger partial charge in [0, 0.05) is 17.7 Å². The zero-order valence-corrected chi connectivity index (χ0v) is 13.4. The number of halogens is 2. The molecular weight excluding hydrogens is 328 g/mol. The van der Waals surface area contributed by atoms with E-state index >= 15 is 0 Å². The Morgan fingerprint density at radius 2 is 2.05 bits per heavy atom. The van der Waals surface area contributed by atoms with Crippen LogP contribution >= 0.6 is 27.5 Å². The van der Waals surface area contributed by atoms with E-state index < -0.39 is 0 Å². The van der Waals surface area contributed by atoms with Crippen LogP contribution in [0.2, 0.25) is 0 Å². The molecule has 106 valence electrons. The first kappa shape index (κ1) is 15.4. The minimum absolute atomic E-state index is 0.0400. The minimum atomic E-state index is -0.0494. The van der Waals surface area contributed by atoms with E-state index in [9.17, 15) is 0 Å². The molecule has 0 aromatic rings. The van der Waals surface area contributed by atoms with Crippen molar-refractivity contribution in [2.45, 2.75) is 67.2 Å². The van der Waals surface area contributed by atoms with Gasteiger partial charge < -0.3 is 9.47 Å². The summed E-state index contributed by atoms with van der Waals surface area (Å²) in [5.74, 6) is 2.48. The molecule has 0 amide bonds. The summed E-state index contributed by atoms with van der Waals surface area (Å²) in [4.78, 5) is 0.364. The lowest BCUT2D eigenvalue weighted by Gasteiger charge is -2.28. The Kier molecular flexibility index (Phi) is 5.77. The van der Waals surface area contributed by atoms with Crippen molar-refractivity contribution in [1.82, 2.24) is 0 Å². The maximum absolute atomic E-state index is 6.45. The van der Waals surface area contributed by atoms with Crippen LogP contribution in [0.5, 0.6) is 0 Å². The normalized spacial score (nSPS) is 37.2. The van der Waals surface area contributed by atoms with Gasteiger partial charge in [-0.1, -0.05) is 34.9 Å². The van der Waals surface area contributed by atoms with Crippen LogP contribution in [0, 0.1) is 12.3 Å². The molecule has 2 saturated heterocycles. The average molecular weight is 348 g/mol. The molecule has 0 radical (unpaired) electrons. The number of allylic oxidation sites excluding steroid dienone is 2.